The molecule has 3 fully saturated rings. The van der Waals surface area contributed by atoms with Gasteiger partial charge >= 0.3 is 0 Å². The second kappa shape index (κ2) is 7.88. The first-order valence-corrected chi connectivity index (χ1v) is 9.90. The van der Waals surface area contributed by atoms with Crippen LogP contribution in [-0.4, -0.2) is 71.7 Å². The summed E-state index contributed by atoms with van der Waals surface area (Å²) in [4.78, 5) is 25.4. The summed E-state index contributed by atoms with van der Waals surface area (Å²) in [6.07, 6.45) is 10.7. The van der Waals surface area contributed by atoms with Crippen LogP contribution in [0.25, 0.3) is 0 Å². The van der Waals surface area contributed by atoms with E-state index in [1.807, 2.05) is 6.07 Å². The minimum Gasteiger partial charge on any atom is -0.373 e. The van der Waals surface area contributed by atoms with Gasteiger partial charge in [-0.05, 0) is 25.3 Å². The summed E-state index contributed by atoms with van der Waals surface area (Å²) in [5.74, 6) is 0.897. The maximum atomic E-state index is 12.4. The molecule has 1 amide bonds. The Bertz CT molecular complexity index is 597. The average Bonchev–Trinajstić information content (AvgIpc) is 3.05. The van der Waals surface area contributed by atoms with Gasteiger partial charge in [-0.2, -0.15) is 0 Å². The molecule has 142 valence electrons. The van der Waals surface area contributed by atoms with Crippen molar-refractivity contribution in [1.29, 1.82) is 0 Å². The molecular weight excluding hydrogens is 330 g/mol. The van der Waals surface area contributed by atoms with Crippen molar-refractivity contribution in [2.75, 3.05) is 44.2 Å². The molecule has 1 saturated carbocycles. The number of ether oxygens (including phenoxy) is 1. The molecule has 1 aromatic heterocycles. The van der Waals surface area contributed by atoms with Gasteiger partial charge in [0.15, 0.2) is 0 Å². The first kappa shape index (κ1) is 17.7. The summed E-state index contributed by atoms with van der Waals surface area (Å²) in [5.41, 5.74) is 0.0531. The third kappa shape index (κ3) is 4.15. The molecule has 3 aliphatic rings. The molecule has 1 N–H and O–H groups in total. The number of hydrogen-bond donors (Lipinski definition) is 1. The van der Waals surface area contributed by atoms with Crippen LogP contribution >= 0.6 is 0 Å². The van der Waals surface area contributed by atoms with Crippen molar-refractivity contribution in [3.8, 4) is 0 Å². The number of carbonyl (C=O) groups is 1. The van der Waals surface area contributed by atoms with E-state index in [4.69, 9.17) is 4.74 Å². The lowest BCUT2D eigenvalue weighted by Crippen LogP contribution is -2.51. The van der Waals surface area contributed by atoms with Crippen LogP contribution in [0.4, 0.5) is 5.95 Å². The van der Waals surface area contributed by atoms with Gasteiger partial charge in [-0.1, -0.05) is 19.3 Å². The zero-order chi connectivity index (χ0) is 17.8. The van der Waals surface area contributed by atoms with Gasteiger partial charge in [-0.25, -0.2) is 9.97 Å². The van der Waals surface area contributed by atoms with E-state index >= 15 is 0 Å². The van der Waals surface area contributed by atoms with Crippen LogP contribution < -0.4 is 10.2 Å². The fraction of sp³-hybridized carbons (Fsp3) is 0.737. The molecule has 26 heavy (non-hydrogen) atoms. The number of hydrogen-bond acceptors (Lipinski definition) is 6. The second-order valence-electron chi connectivity index (χ2n) is 7.84. The minimum absolute atomic E-state index is 0.0531. The SMILES string of the molecule is O=C(CN1CCN(c2ncccn2)CC1)N[C@H]1COC2(CCCCC2)C1. The summed E-state index contributed by atoms with van der Waals surface area (Å²) >= 11 is 0. The highest BCUT2D eigenvalue weighted by atomic mass is 16.5. The van der Waals surface area contributed by atoms with Crippen LogP contribution in [0.15, 0.2) is 18.5 Å². The standard InChI is InChI=1S/C19H29N5O2/c25-17(22-16-13-19(26-15-16)5-2-1-3-6-19)14-23-9-11-24(12-10-23)18-20-7-4-8-21-18/h4,7-8,16H,1-3,5-6,9-15H2,(H,22,25)/t16-/m1/s1. The number of carbonyl (C=O) groups excluding carboxylic acids is 1. The Morgan fingerprint density at radius 2 is 1.88 bits per heavy atom. The van der Waals surface area contributed by atoms with Crippen LogP contribution in [-0.2, 0) is 9.53 Å². The fourth-order valence-electron chi connectivity index (χ4n) is 4.52. The third-order valence-electron chi connectivity index (χ3n) is 5.91. The molecular formula is C19H29N5O2. The minimum atomic E-state index is 0.0531. The highest BCUT2D eigenvalue weighted by Gasteiger charge is 2.41. The van der Waals surface area contributed by atoms with Crippen molar-refractivity contribution in [1.82, 2.24) is 20.2 Å². The van der Waals surface area contributed by atoms with E-state index < -0.39 is 0 Å². The maximum absolute atomic E-state index is 12.4. The van der Waals surface area contributed by atoms with Crippen molar-refractivity contribution in [3.05, 3.63) is 18.5 Å². The Kier molecular flexibility index (Phi) is 5.36. The highest BCUT2D eigenvalue weighted by Crippen LogP contribution is 2.39. The van der Waals surface area contributed by atoms with Gasteiger partial charge in [0.1, 0.15) is 0 Å². The summed E-state index contributed by atoms with van der Waals surface area (Å²) in [7, 11) is 0. The van der Waals surface area contributed by atoms with Gasteiger partial charge in [0, 0.05) is 38.6 Å². The molecule has 4 rings (SSSR count). The summed E-state index contributed by atoms with van der Waals surface area (Å²) < 4.78 is 6.10. The van der Waals surface area contributed by atoms with E-state index in [-0.39, 0.29) is 17.6 Å². The first-order valence-electron chi connectivity index (χ1n) is 9.90. The largest absolute Gasteiger partial charge is 0.373 e. The van der Waals surface area contributed by atoms with Gasteiger partial charge in [-0.15, -0.1) is 0 Å². The smallest absolute Gasteiger partial charge is 0.234 e. The summed E-state index contributed by atoms with van der Waals surface area (Å²) in [5, 5.41) is 3.20. The van der Waals surface area contributed by atoms with E-state index in [2.05, 4.69) is 25.1 Å². The molecule has 1 aromatic rings. The lowest BCUT2D eigenvalue weighted by Gasteiger charge is -2.34. The average molecular weight is 359 g/mol. The van der Waals surface area contributed by atoms with Crippen molar-refractivity contribution < 1.29 is 9.53 Å². The summed E-state index contributed by atoms with van der Waals surface area (Å²) in [6.45, 7) is 4.56. The van der Waals surface area contributed by atoms with Crippen LogP contribution in [0.3, 0.4) is 0 Å². The maximum Gasteiger partial charge on any atom is 0.234 e. The van der Waals surface area contributed by atoms with Crippen molar-refractivity contribution in [3.63, 3.8) is 0 Å². The molecule has 3 heterocycles. The number of amides is 1. The first-order chi connectivity index (χ1) is 12.7. The molecule has 1 atom stereocenters. The molecule has 0 unspecified atom stereocenters. The fourth-order valence-corrected chi connectivity index (χ4v) is 4.52. The molecule has 7 heteroatoms. The number of aromatic nitrogens is 2. The Hall–Kier alpha value is -1.73. The zero-order valence-electron chi connectivity index (χ0n) is 15.4. The predicted octanol–water partition coefficient (Wildman–Crippen LogP) is 1.21. The highest BCUT2D eigenvalue weighted by molar-refractivity contribution is 5.78. The van der Waals surface area contributed by atoms with Gasteiger partial charge in [0.05, 0.1) is 24.8 Å². The molecule has 0 aromatic carbocycles. The lowest BCUT2D eigenvalue weighted by atomic mass is 9.82. The van der Waals surface area contributed by atoms with E-state index in [9.17, 15) is 4.79 Å². The number of rotatable bonds is 4. The van der Waals surface area contributed by atoms with E-state index in [1.165, 1.54) is 19.3 Å². The Balaban J connectivity index is 1.20. The molecule has 1 spiro atoms. The Morgan fingerprint density at radius 1 is 1.15 bits per heavy atom. The van der Waals surface area contributed by atoms with Crippen LogP contribution in [0.5, 0.6) is 0 Å². The third-order valence-corrected chi connectivity index (χ3v) is 5.91. The van der Waals surface area contributed by atoms with E-state index in [1.54, 1.807) is 12.4 Å². The van der Waals surface area contributed by atoms with Gasteiger partial charge < -0.3 is 15.0 Å². The molecule has 1 aliphatic carbocycles. The van der Waals surface area contributed by atoms with Crippen LogP contribution in [0.2, 0.25) is 0 Å². The van der Waals surface area contributed by atoms with Crippen LogP contribution in [0.1, 0.15) is 38.5 Å². The number of piperazine rings is 1. The normalized spacial score (nSPS) is 26.2. The molecule has 2 saturated heterocycles. The zero-order valence-corrected chi connectivity index (χ0v) is 15.4. The van der Waals surface area contributed by atoms with Crippen molar-refractivity contribution in [2.24, 2.45) is 0 Å². The molecule has 0 bridgehead atoms. The quantitative estimate of drug-likeness (QED) is 0.871. The second-order valence-corrected chi connectivity index (χ2v) is 7.84. The lowest BCUT2D eigenvalue weighted by molar-refractivity contribution is -0.123. The Labute approximate surface area is 155 Å². The molecule has 7 nitrogen and oxygen atoms in total. The van der Waals surface area contributed by atoms with Gasteiger partial charge in [0.2, 0.25) is 11.9 Å². The number of anilines is 1. The van der Waals surface area contributed by atoms with Crippen LogP contribution in [0, 0.1) is 0 Å². The van der Waals surface area contributed by atoms with Crippen molar-refractivity contribution in [2.45, 2.75) is 50.2 Å². The predicted molar refractivity (Wildman–Crippen MR) is 99.0 cm³/mol. The van der Waals surface area contributed by atoms with Crippen molar-refractivity contribution >= 4 is 11.9 Å². The molecule has 2 aliphatic heterocycles. The van der Waals surface area contributed by atoms with E-state index in [0.717, 1.165) is 51.4 Å². The Morgan fingerprint density at radius 3 is 2.62 bits per heavy atom. The monoisotopic (exact) mass is 359 g/mol. The van der Waals surface area contributed by atoms with Gasteiger partial charge in [-0.3, -0.25) is 9.69 Å². The number of nitrogens with zero attached hydrogens (tertiary/aromatic N) is 4. The topological polar surface area (TPSA) is 70.6 Å². The van der Waals surface area contributed by atoms with E-state index in [0.29, 0.717) is 13.2 Å². The molecule has 0 radical (unpaired) electrons. The van der Waals surface area contributed by atoms with Gasteiger partial charge in [0.25, 0.3) is 0 Å². The number of nitrogens with one attached hydrogen (secondary N) is 1. The summed E-state index contributed by atoms with van der Waals surface area (Å²) in [6, 6.07) is 2.01.